The topological polar surface area (TPSA) is 32.3 Å². The second kappa shape index (κ2) is 7.79. The Balaban J connectivity index is 1.84. The van der Waals surface area contributed by atoms with Crippen molar-refractivity contribution < 1.29 is 4.79 Å². The number of amides is 1. The van der Waals surface area contributed by atoms with Crippen molar-refractivity contribution in [3.63, 3.8) is 0 Å². The first-order chi connectivity index (χ1) is 9.69. The van der Waals surface area contributed by atoms with E-state index in [1.807, 2.05) is 13.0 Å². The molecule has 1 heterocycles. The first kappa shape index (κ1) is 15.5. The highest BCUT2D eigenvalue weighted by Crippen LogP contribution is 2.14. The van der Waals surface area contributed by atoms with Crippen molar-refractivity contribution in [2.75, 3.05) is 13.1 Å². The molecule has 0 bridgehead atoms. The Bertz CT molecular complexity index is 424. The zero-order chi connectivity index (χ0) is 14.4. The minimum atomic E-state index is -0.0630. The van der Waals surface area contributed by atoms with Crippen LogP contribution in [0.1, 0.15) is 31.7 Å². The van der Waals surface area contributed by atoms with Gasteiger partial charge < -0.3 is 5.32 Å². The first-order valence-electron chi connectivity index (χ1n) is 7.39. The second-order valence-corrected chi connectivity index (χ2v) is 6.55. The molecule has 1 saturated heterocycles. The zero-order valence-electron chi connectivity index (χ0n) is 12.0. The lowest BCUT2D eigenvalue weighted by Crippen LogP contribution is -2.49. The summed E-state index contributed by atoms with van der Waals surface area (Å²) in [5, 5.41) is 3.16. The van der Waals surface area contributed by atoms with Crippen LogP contribution in [0.5, 0.6) is 0 Å². The van der Waals surface area contributed by atoms with Crippen LogP contribution < -0.4 is 5.32 Å². The van der Waals surface area contributed by atoms with Gasteiger partial charge in [-0.2, -0.15) is 0 Å². The molecule has 110 valence electrons. The quantitative estimate of drug-likeness (QED) is 0.837. The van der Waals surface area contributed by atoms with E-state index in [-0.39, 0.29) is 16.8 Å². The molecule has 0 saturated carbocycles. The summed E-state index contributed by atoms with van der Waals surface area (Å²) in [6.45, 7) is 5.05. The van der Waals surface area contributed by atoms with Crippen molar-refractivity contribution >= 4 is 21.8 Å². The highest BCUT2D eigenvalue weighted by atomic mass is 79.9. The molecule has 3 nitrogen and oxygen atoms in total. The molecule has 0 radical (unpaired) electrons. The van der Waals surface area contributed by atoms with Gasteiger partial charge in [-0.1, -0.05) is 53.2 Å². The molecule has 2 atom stereocenters. The third-order valence-corrected chi connectivity index (χ3v) is 4.81. The molecule has 1 aromatic rings. The van der Waals surface area contributed by atoms with Crippen molar-refractivity contribution in [3.8, 4) is 0 Å². The van der Waals surface area contributed by atoms with Crippen molar-refractivity contribution in [2.24, 2.45) is 0 Å². The third kappa shape index (κ3) is 4.60. The van der Waals surface area contributed by atoms with E-state index in [4.69, 9.17) is 0 Å². The summed E-state index contributed by atoms with van der Waals surface area (Å²) in [6.07, 6.45) is 3.06. The molecule has 4 heteroatoms. The van der Waals surface area contributed by atoms with Gasteiger partial charge in [0.2, 0.25) is 5.91 Å². The minimum Gasteiger partial charge on any atom is -0.351 e. The van der Waals surface area contributed by atoms with E-state index < -0.39 is 0 Å². The van der Waals surface area contributed by atoms with Crippen molar-refractivity contribution in [1.82, 2.24) is 10.2 Å². The van der Waals surface area contributed by atoms with Gasteiger partial charge in [0.15, 0.2) is 0 Å². The smallest absolute Gasteiger partial charge is 0.234 e. The Morgan fingerprint density at radius 2 is 2.20 bits per heavy atom. The van der Waals surface area contributed by atoms with E-state index in [2.05, 4.69) is 50.4 Å². The van der Waals surface area contributed by atoms with E-state index in [0.717, 1.165) is 38.9 Å². The second-order valence-electron chi connectivity index (χ2n) is 5.44. The average Bonchev–Trinajstić information content (AvgIpc) is 2.47. The lowest BCUT2D eigenvalue weighted by Gasteiger charge is -2.33. The molecule has 1 amide bonds. The Labute approximate surface area is 129 Å². The summed E-state index contributed by atoms with van der Waals surface area (Å²) in [5.74, 6) is 0.124. The van der Waals surface area contributed by atoms with E-state index in [1.54, 1.807) is 0 Å². The molecule has 1 N–H and O–H groups in total. The van der Waals surface area contributed by atoms with Crippen LogP contribution in [0.15, 0.2) is 30.3 Å². The van der Waals surface area contributed by atoms with Crippen molar-refractivity contribution in [1.29, 1.82) is 0 Å². The number of likely N-dealkylation sites (tertiary alicyclic amines) is 1. The van der Waals surface area contributed by atoms with Crippen LogP contribution in [0.2, 0.25) is 0 Å². The lowest BCUT2D eigenvalue weighted by molar-refractivity contribution is -0.121. The number of nitrogens with one attached hydrogen (secondary N) is 1. The van der Waals surface area contributed by atoms with Gasteiger partial charge >= 0.3 is 0 Å². The molecular formula is C16H23BrN2O. The van der Waals surface area contributed by atoms with Crippen LogP contribution in [0.3, 0.4) is 0 Å². The number of hydrogen-bond acceptors (Lipinski definition) is 2. The van der Waals surface area contributed by atoms with Gasteiger partial charge in [-0.05, 0) is 31.4 Å². The Kier molecular flexibility index (Phi) is 6.05. The number of carbonyl (C=O) groups excluding carboxylic acids is 1. The molecule has 20 heavy (non-hydrogen) atoms. The summed E-state index contributed by atoms with van der Waals surface area (Å²) in [5.41, 5.74) is 1.34. The zero-order valence-corrected chi connectivity index (χ0v) is 13.6. The fourth-order valence-electron chi connectivity index (χ4n) is 2.64. The number of benzene rings is 1. The highest BCUT2D eigenvalue weighted by Gasteiger charge is 2.23. The van der Waals surface area contributed by atoms with Gasteiger partial charge in [0, 0.05) is 19.1 Å². The number of alkyl halides is 1. The molecule has 1 aromatic carbocycles. The Hall–Kier alpha value is -0.870. The average molecular weight is 339 g/mol. The molecule has 0 aromatic heterocycles. The van der Waals surface area contributed by atoms with Gasteiger partial charge in [-0.25, -0.2) is 0 Å². The fraction of sp³-hybridized carbons (Fsp3) is 0.562. The maximum Gasteiger partial charge on any atom is 0.234 e. The Morgan fingerprint density at radius 1 is 1.45 bits per heavy atom. The number of halogens is 1. The molecular weight excluding hydrogens is 316 g/mol. The normalized spacial score (nSPS) is 21.4. The van der Waals surface area contributed by atoms with Gasteiger partial charge in [0.05, 0.1) is 4.83 Å². The maximum atomic E-state index is 11.9. The molecule has 2 rings (SSSR count). The van der Waals surface area contributed by atoms with Crippen LogP contribution in [-0.2, 0) is 11.3 Å². The number of piperidine rings is 1. The highest BCUT2D eigenvalue weighted by molar-refractivity contribution is 9.10. The molecule has 0 spiro atoms. The predicted octanol–water partition coefficient (Wildman–Crippen LogP) is 2.94. The minimum absolute atomic E-state index is 0.0630. The van der Waals surface area contributed by atoms with Crippen molar-refractivity contribution in [3.05, 3.63) is 35.9 Å². The number of hydrogen-bond donors (Lipinski definition) is 1. The summed E-state index contributed by atoms with van der Waals surface area (Å²) >= 11 is 3.41. The molecule has 1 fully saturated rings. The number of nitrogens with zero attached hydrogens (tertiary/aromatic N) is 1. The van der Waals surface area contributed by atoms with Crippen molar-refractivity contribution in [2.45, 2.75) is 43.6 Å². The van der Waals surface area contributed by atoms with Gasteiger partial charge in [0.1, 0.15) is 0 Å². The SMILES string of the molecule is CCC(Br)C(=O)NC1CCCN(Cc2ccccc2)C1. The monoisotopic (exact) mass is 338 g/mol. The van der Waals surface area contributed by atoms with Crippen LogP contribution in [-0.4, -0.2) is 34.8 Å². The van der Waals surface area contributed by atoms with Gasteiger partial charge in [-0.15, -0.1) is 0 Å². The summed E-state index contributed by atoms with van der Waals surface area (Å²) in [6, 6.07) is 10.8. The van der Waals surface area contributed by atoms with E-state index >= 15 is 0 Å². The van der Waals surface area contributed by atoms with E-state index in [1.165, 1.54) is 5.56 Å². The van der Waals surface area contributed by atoms with E-state index in [9.17, 15) is 4.79 Å². The lowest BCUT2D eigenvalue weighted by atomic mass is 10.0. The number of rotatable bonds is 5. The van der Waals surface area contributed by atoms with Crippen LogP contribution >= 0.6 is 15.9 Å². The summed E-state index contributed by atoms with van der Waals surface area (Å²) in [7, 11) is 0. The fourth-order valence-corrected chi connectivity index (χ4v) is 2.77. The van der Waals surface area contributed by atoms with Crippen LogP contribution in [0, 0.1) is 0 Å². The molecule has 2 unspecified atom stereocenters. The van der Waals surface area contributed by atoms with Gasteiger partial charge in [0.25, 0.3) is 0 Å². The predicted molar refractivity (Wildman–Crippen MR) is 85.9 cm³/mol. The largest absolute Gasteiger partial charge is 0.351 e. The molecule has 1 aliphatic heterocycles. The Morgan fingerprint density at radius 3 is 2.90 bits per heavy atom. The molecule has 1 aliphatic rings. The van der Waals surface area contributed by atoms with Crippen LogP contribution in [0.4, 0.5) is 0 Å². The van der Waals surface area contributed by atoms with E-state index in [0.29, 0.717) is 0 Å². The summed E-state index contributed by atoms with van der Waals surface area (Å²) < 4.78 is 0. The third-order valence-electron chi connectivity index (χ3n) is 3.74. The standard InChI is InChI=1S/C16H23BrN2O/c1-2-15(17)16(20)18-14-9-6-10-19(12-14)11-13-7-4-3-5-8-13/h3-5,7-8,14-15H,2,6,9-12H2,1H3,(H,18,20). The van der Waals surface area contributed by atoms with Crippen LogP contribution in [0.25, 0.3) is 0 Å². The number of carbonyl (C=O) groups is 1. The molecule has 0 aliphatic carbocycles. The first-order valence-corrected chi connectivity index (χ1v) is 8.31. The maximum absolute atomic E-state index is 11.9. The van der Waals surface area contributed by atoms with Gasteiger partial charge in [-0.3, -0.25) is 9.69 Å². The summed E-state index contributed by atoms with van der Waals surface area (Å²) in [4.78, 5) is 14.3.